The average Bonchev–Trinajstić information content (AvgIpc) is 3.40. The number of fused-ring (bicyclic) bond motifs is 1. The summed E-state index contributed by atoms with van der Waals surface area (Å²) >= 11 is 1.58. The van der Waals surface area contributed by atoms with E-state index >= 15 is 0 Å². The fourth-order valence-corrected chi connectivity index (χ4v) is 5.14. The number of para-hydroxylation sites is 1. The first-order valence-electron chi connectivity index (χ1n) is 14.1. The van der Waals surface area contributed by atoms with Crippen LogP contribution in [-0.2, 0) is 32.0 Å². The molecule has 3 amide bonds. The number of aromatic nitrogens is 1. The first kappa shape index (κ1) is 32.7. The quantitative estimate of drug-likeness (QED) is 0.148. The molecule has 3 rings (SSSR count). The normalized spacial score (nSPS) is 14.8. The molecule has 1 aromatic heterocycles. The van der Waals surface area contributed by atoms with Crippen molar-refractivity contribution >= 4 is 46.4 Å². The maximum atomic E-state index is 13.6. The Labute approximate surface area is 250 Å². The number of aliphatic carboxylic acids is 1. The number of hydrogen-bond acceptors (Lipinski definition) is 6. The summed E-state index contributed by atoms with van der Waals surface area (Å²) in [6.45, 7) is 3.74. The molecule has 0 aliphatic carbocycles. The van der Waals surface area contributed by atoms with Crippen LogP contribution in [0.3, 0.4) is 0 Å². The second-order valence-corrected chi connectivity index (χ2v) is 11.5. The van der Waals surface area contributed by atoms with E-state index in [9.17, 15) is 24.3 Å². The molecular formula is C31H41N5O5S. The van der Waals surface area contributed by atoms with Crippen LogP contribution in [0.25, 0.3) is 10.9 Å². The molecule has 0 bridgehead atoms. The van der Waals surface area contributed by atoms with Gasteiger partial charge in [0.2, 0.25) is 17.7 Å². The molecule has 0 spiro atoms. The summed E-state index contributed by atoms with van der Waals surface area (Å²) in [6, 6.07) is 12.6. The van der Waals surface area contributed by atoms with Crippen LogP contribution in [0.5, 0.6) is 0 Å². The van der Waals surface area contributed by atoms with Crippen LogP contribution in [-0.4, -0.2) is 70.0 Å². The van der Waals surface area contributed by atoms with Crippen molar-refractivity contribution in [3.8, 4) is 0 Å². The predicted molar refractivity (Wildman–Crippen MR) is 166 cm³/mol. The third kappa shape index (κ3) is 9.09. The van der Waals surface area contributed by atoms with E-state index < -0.39 is 47.9 Å². The lowest BCUT2D eigenvalue weighted by Crippen LogP contribution is -2.59. The maximum absolute atomic E-state index is 13.6. The van der Waals surface area contributed by atoms with Gasteiger partial charge in [-0.15, -0.1) is 0 Å². The van der Waals surface area contributed by atoms with Gasteiger partial charge in [0, 0.05) is 29.9 Å². The Bertz CT molecular complexity index is 1350. The Morgan fingerprint density at radius 1 is 0.905 bits per heavy atom. The van der Waals surface area contributed by atoms with Crippen LogP contribution < -0.4 is 21.7 Å². The number of H-pyrrole nitrogens is 1. The number of nitrogens with one attached hydrogen (secondary N) is 4. The van der Waals surface area contributed by atoms with Gasteiger partial charge in [0.05, 0.1) is 6.04 Å². The third-order valence-electron chi connectivity index (χ3n) is 7.39. The van der Waals surface area contributed by atoms with Crippen molar-refractivity contribution < 1.29 is 24.3 Å². The molecule has 7 N–H and O–H groups in total. The molecule has 5 unspecified atom stereocenters. The van der Waals surface area contributed by atoms with Crippen molar-refractivity contribution in [1.82, 2.24) is 20.9 Å². The van der Waals surface area contributed by atoms with E-state index in [0.29, 0.717) is 18.6 Å². The van der Waals surface area contributed by atoms with E-state index in [-0.39, 0.29) is 18.8 Å². The largest absolute Gasteiger partial charge is 0.480 e. The van der Waals surface area contributed by atoms with Gasteiger partial charge >= 0.3 is 5.97 Å². The van der Waals surface area contributed by atoms with Crippen LogP contribution >= 0.6 is 11.8 Å². The van der Waals surface area contributed by atoms with E-state index in [1.807, 2.05) is 74.7 Å². The average molecular weight is 596 g/mol. The summed E-state index contributed by atoms with van der Waals surface area (Å²) in [5, 5.41) is 19.0. The number of hydrogen-bond donors (Lipinski definition) is 6. The van der Waals surface area contributed by atoms with Gasteiger partial charge in [0.1, 0.15) is 18.1 Å². The highest BCUT2D eigenvalue weighted by atomic mass is 32.2. The van der Waals surface area contributed by atoms with Crippen molar-refractivity contribution in [2.24, 2.45) is 11.7 Å². The van der Waals surface area contributed by atoms with Gasteiger partial charge in [0.15, 0.2) is 0 Å². The fraction of sp³-hybridized carbons (Fsp3) is 0.419. The summed E-state index contributed by atoms with van der Waals surface area (Å²) in [5.41, 5.74) is 8.43. The number of carbonyl (C=O) groups is 4. The molecule has 11 heteroatoms. The molecular weight excluding hydrogens is 554 g/mol. The zero-order valence-electron chi connectivity index (χ0n) is 24.3. The summed E-state index contributed by atoms with van der Waals surface area (Å²) in [7, 11) is 0. The lowest BCUT2D eigenvalue weighted by atomic mass is 9.96. The van der Waals surface area contributed by atoms with Crippen molar-refractivity contribution in [2.75, 3.05) is 12.0 Å². The van der Waals surface area contributed by atoms with Gasteiger partial charge in [-0.3, -0.25) is 14.4 Å². The maximum Gasteiger partial charge on any atom is 0.326 e. The van der Waals surface area contributed by atoms with E-state index in [4.69, 9.17) is 5.73 Å². The van der Waals surface area contributed by atoms with Crippen LogP contribution in [0.1, 0.15) is 37.8 Å². The third-order valence-corrected chi connectivity index (χ3v) is 8.04. The highest BCUT2D eigenvalue weighted by Gasteiger charge is 2.32. The lowest BCUT2D eigenvalue weighted by Gasteiger charge is -2.28. The monoisotopic (exact) mass is 595 g/mol. The summed E-state index contributed by atoms with van der Waals surface area (Å²) in [6.07, 6.45) is 4.91. The molecule has 42 heavy (non-hydrogen) atoms. The van der Waals surface area contributed by atoms with Crippen molar-refractivity contribution in [3.63, 3.8) is 0 Å². The van der Waals surface area contributed by atoms with Crippen LogP contribution in [0.4, 0.5) is 0 Å². The van der Waals surface area contributed by atoms with Crippen LogP contribution in [0.2, 0.25) is 0 Å². The first-order chi connectivity index (χ1) is 20.1. The predicted octanol–water partition coefficient (Wildman–Crippen LogP) is 2.62. The number of carboxylic acid groups (broad SMARTS) is 1. The molecule has 2 aromatic carbocycles. The summed E-state index contributed by atoms with van der Waals surface area (Å²) < 4.78 is 0. The molecule has 0 aliphatic heterocycles. The molecule has 0 aliphatic rings. The molecule has 0 saturated carbocycles. The Balaban J connectivity index is 1.81. The zero-order valence-corrected chi connectivity index (χ0v) is 25.1. The van der Waals surface area contributed by atoms with E-state index in [2.05, 4.69) is 20.9 Å². The molecule has 0 saturated heterocycles. The highest BCUT2D eigenvalue weighted by molar-refractivity contribution is 7.98. The fourth-order valence-electron chi connectivity index (χ4n) is 4.65. The van der Waals surface area contributed by atoms with Gasteiger partial charge in [0.25, 0.3) is 0 Å². The Kier molecular flexibility index (Phi) is 12.4. The Morgan fingerprint density at radius 2 is 1.57 bits per heavy atom. The molecule has 5 atom stereocenters. The number of aromatic amines is 1. The molecule has 226 valence electrons. The molecule has 1 heterocycles. The summed E-state index contributed by atoms with van der Waals surface area (Å²) in [4.78, 5) is 55.3. The molecule has 0 fully saturated rings. The van der Waals surface area contributed by atoms with Crippen LogP contribution in [0.15, 0.2) is 60.8 Å². The minimum Gasteiger partial charge on any atom is -0.480 e. The minimum atomic E-state index is -1.23. The number of carbonyl (C=O) groups excluding carboxylic acids is 3. The van der Waals surface area contributed by atoms with Gasteiger partial charge in [-0.25, -0.2) is 4.79 Å². The van der Waals surface area contributed by atoms with Crippen molar-refractivity contribution in [2.45, 2.75) is 63.7 Å². The number of thioether (sulfide) groups is 1. The van der Waals surface area contributed by atoms with Gasteiger partial charge < -0.3 is 31.8 Å². The number of amides is 3. The van der Waals surface area contributed by atoms with Gasteiger partial charge in [-0.05, 0) is 41.5 Å². The Hall–Kier alpha value is -3.83. The lowest BCUT2D eigenvalue weighted by molar-refractivity contribution is -0.142. The molecule has 0 radical (unpaired) electrons. The van der Waals surface area contributed by atoms with E-state index in [1.165, 1.54) is 0 Å². The van der Waals surface area contributed by atoms with Gasteiger partial charge in [-0.1, -0.05) is 68.8 Å². The van der Waals surface area contributed by atoms with Crippen LogP contribution in [0, 0.1) is 5.92 Å². The number of nitrogens with two attached hydrogens (primary N) is 1. The molecule has 10 nitrogen and oxygen atoms in total. The second kappa shape index (κ2) is 16.0. The first-order valence-corrected chi connectivity index (χ1v) is 15.5. The number of carboxylic acids is 1. The standard InChI is InChI=1S/C31H41N5O5S/c1-4-19(2)27(36-28(37)23(32)14-15-42-3)30(39)34-25(16-20-10-6-5-7-11-20)29(38)35-26(31(40)41)17-21-18-33-24-13-9-8-12-22(21)24/h5-13,18-19,23,25-27,33H,4,14-17,32H2,1-3H3,(H,34,39)(H,35,38)(H,36,37)(H,40,41). The number of benzene rings is 2. The summed E-state index contributed by atoms with van der Waals surface area (Å²) in [5.74, 6) is -2.33. The van der Waals surface area contributed by atoms with Gasteiger partial charge in [-0.2, -0.15) is 11.8 Å². The van der Waals surface area contributed by atoms with E-state index in [1.54, 1.807) is 18.0 Å². The van der Waals surface area contributed by atoms with Crippen molar-refractivity contribution in [1.29, 1.82) is 0 Å². The van der Waals surface area contributed by atoms with Crippen molar-refractivity contribution in [3.05, 3.63) is 71.9 Å². The zero-order chi connectivity index (χ0) is 30.6. The topological polar surface area (TPSA) is 166 Å². The van der Waals surface area contributed by atoms with E-state index in [0.717, 1.165) is 22.0 Å². The molecule has 3 aromatic rings. The minimum absolute atomic E-state index is 0.0522. The smallest absolute Gasteiger partial charge is 0.326 e. The number of rotatable bonds is 16. The Morgan fingerprint density at radius 3 is 2.24 bits per heavy atom. The highest BCUT2D eigenvalue weighted by Crippen LogP contribution is 2.19. The SMILES string of the molecule is CCC(C)C(NC(=O)C(N)CCSC)C(=O)NC(Cc1ccccc1)C(=O)NC(Cc1c[nH]c2ccccc12)C(=O)O. The second-order valence-electron chi connectivity index (χ2n) is 10.5.